The Morgan fingerprint density at radius 1 is 1.20 bits per heavy atom. The lowest BCUT2D eigenvalue weighted by molar-refractivity contribution is 0.523. The molecule has 1 unspecified atom stereocenters. The average molecular weight is 333 g/mol. The van der Waals surface area contributed by atoms with Crippen molar-refractivity contribution in [2.45, 2.75) is 32.7 Å². The summed E-state index contributed by atoms with van der Waals surface area (Å²) in [5, 5.41) is 3.62. The third kappa shape index (κ3) is 4.15. The molecule has 0 aliphatic heterocycles. The first-order valence-corrected chi connectivity index (χ1v) is 7.89. The molecule has 0 fully saturated rings. The van der Waals surface area contributed by atoms with Crippen molar-refractivity contribution in [1.29, 1.82) is 0 Å². The lowest BCUT2D eigenvalue weighted by Gasteiger charge is -2.20. The van der Waals surface area contributed by atoms with Crippen LogP contribution < -0.4 is 5.32 Å². The molecule has 0 saturated carbocycles. The predicted molar refractivity (Wildman–Crippen MR) is 87.9 cm³/mol. The number of pyridine rings is 1. The van der Waals surface area contributed by atoms with Crippen molar-refractivity contribution >= 4 is 15.9 Å². The molecule has 20 heavy (non-hydrogen) atoms. The molecule has 1 N–H and O–H groups in total. The second-order valence-electron chi connectivity index (χ2n) is 5.06. The number of benzene rings is 1. The van der Waals surface area contributed by atoms with Gasteiger partial charge < -0.3 is 5.32 Å². The number of hydrogen-bond donors (Lipinski definition) is 1. The fourth-order valence-electron chi connectivity index (χ4n) is 2.20. The Kier molecular flexibility index (Phi) is 5.74. The Labute approximate surface area is 129 Å². The molecule has 0 aliphatic carbocycles. The molecular weight excluding hydrogens is 312 g/mol. The summed E-state index contributed by atoms with van der Waals surface area (Å²) in [4.78, 5) is 4.53. The van der Waals surface area contributed by atoms with Gasteiger partial charge in [-0.25, -0.2) is 0 Å². The Morgan fingerprint density at radius 2 is 2.00 bits per heavy atom. The molecule has 2 rings (SSSR count). The normalized spacial score (nSPS) is 12.3. The first kappa shape index (κ1) is 15.2. The second kappa shape index (κ2) is 7.55. The number of aromatic nitrogens is 1. The van der Waals surface area contributed by atoms with Gasteiger partial charge in [0, 0.05) is 28.8 Å². The summed E-state index contributed by atoms with van der Waals surface area (Å²) in [5.41, 5.74) is 3.62. The zero-order valence-electron chi connectivity index (χ0n) is 12.1. The van der Waals surface area contributed by atoms with Crippen LogP contribution in [0.1, 0.15) is 36.2 Å². The van der Waals surface area contributed by atoms with Crippen LogP contribution in [0.4, 0.5) is 0 Å². The maximum Gasteiger partial charge on any atom is 0.0422 e. The van der Waals surface area contributed by atoms with E-state index in [-0.39, 0.29) is 0 Å². The minimum atomic E-state index is 0.292. The zero-order chi connectivity index (χ0) is 14.4. The van der Waals surface area contributed by atoms with Gasteiger partial charge in [0.25, 0.3) is 0 Å². The highest BCUT2D eigenvalue weighted by Crippen LogP contribution is 2.25. The zero-order valence-corrected chi connectivity index (χ0v) is 13.7. The summed E-state index contributed by atoms with van der Waals surface area (Å²) in [5.74, 6) is 0. The number of halogens is 1. The summed E-state index contributed by atoms with van der Waals surface area (Å²) in [6.07, 6.45) is 3.97. The SMILES string of the molecule is CCCNC(Cc1ccc(C)cn1)c1ccccc1Br. The molecule has 0 spiro atoms. The van der Waals surface area contributed by atoms with E-state index in [9.17, 15) is 0 Å². The van der Waals surface area contributed by atoms with Crippen molar-refractivity contribution < 1.29 is 0 Å². The van der Waals surface area contributed by atoms with Gasteiger partial charge >= 0.3 is 0 Å². The lowest BCUT2D eigenvalue weighted by Crippen LogP contribution is -2.24. The monoisotopic (exact) mass is 332 g/mol. The highest BCUT2D eigenvalue weighted by Gasteiger charge is 2.14. The van der Waals surface area contributed by atoms with Crippen molar-refractivity contribution in [2.24, 2.45) is 0 Å². The molecule has 1 heterocycles. The van der Waals surface area contributed by atoms with Gasteiger partial charge in [-0.3, -0.25) is 4.98 Å². The molecule has 0 saturated heterocycles. The van der Waals surface area contributed by atoms with Gasteiger partial charge in [-0.05, 0) is 43.1 Å². The van der Waals surface area contributed by atoms with Crippen molar-refractivity contribution in [2.75, 3.05) is 6.54 Å². The summed E-state index contributed by atoms with van der Waals surface area (Å²) in [6, 6.07) is 12.9. The molecule has 1 aromatic heterocycles. The van der Waals surface area contributed by atoms with Crippen LogP contribution in [-0.2, 0) is 6.42 Å². The molecule has 2 nitrogen and oxygen atoms in total. The fourth-order valence-corrected chi connectivity index (χ4v) is 2.76. The quantitative estimate of drug-likeness (QED) is 0.846. The largest absolute Gasteiger partial charge is 0.310 e. The Hall–Kier alpha value is -1.19. The molecule has 0 bridgehead atoms. The first-order chi connectivity index (χ1) is 9.70. The van der Waals surface area contributed by atoms with Crippen LogP contribution in [0, 0.1) is 6.92 Å². The Bertz CT molecular complexity index is 537. The van der Waals surface area contributed by atoms with Crippen LogP contribution >= 0.6 is 15.9 Å². The van der Waals surface area contributed by atoms with Crippen LogP contribution in [0.2, 0.25) is 0 Å². The molecule has 1 atom stereocenters. The van der Waals surface area contributed by atoms with Gasteiger partial charge in [0.15, 0.2) is 0 Å². The van der Waals surface area contributed by atoms with Crippen molar-refractivity contribution in [3.8, 4) is 0 Å². The Morgan fingerprint density at radius 3 is 2.65 bits per heavy atom. The predicted octanol–water partition coefficient (Wildman–Crippen LogP) is 4.44. The maximum absolute atomic E-state index is 4.53. The standard InChI is InChI=1S/C17H21BrN2/c1-3-10-19-17(15-6-4-5-7-16(15)18)11-14-9-8-13(2)12-20-14/h4-9,12,17,19H,3,10-11H2,1-2H3. The van der Waals surface area contributed by atoms with Crippen molar-refractivity contribution in [1.82, 2.24) is 10.3 Å². The molecule has 0 radical (unpaired) electrons. The number of nitrogens with zero attached hydrogens (tertiary/aromatic N) is 1. The van der Waals surface area contributed by atoms with E-state index in [1.54, 1.807) is 0 Å². The van der Waals surface area contributed by atoms with Crippen LogP contribution in [0.5, 0.6) is 0 Å². The fraction of sp³-hybridized carbons (Fsp3) is 0.353. The topological polar surface area (TPSA) is 24.9 Å². The van der Waals surface area contributed by atoms with Gasteiger partial charge in [0.05, 0.1) is 0 Å². The third-order valence-corrected chi connectivity index (χ3v) is 4.03. The molecule has 0 amide bonds. The molecule has 106 valence electrons. The highest BCUT2D eigenvalue weighted by atomic mass is 79.9. The summed E-state index contributed by atoms with van der Waals surface area (Å²) < 4.78 is 1.15. The second-order valence-corrected chi connectivity index (χ2v) is 5.91. The first-order valence-electron chi connectivity index (χ1n) is 7.10. The van der Waals surface area contributed by atoms with E-state index in [2.05, 4.69) is 76.5 Å². The highest BCUT2D eigenvalue weighted by molar-refractivity contribution is 9.10. The Balaban J connectivity index is 2.19. The van der Waals surface area contributed by atoms with E-state index < -0.39 is 0 Å². The van der Waals surface area contributed by atoms with Crippen LogP contribution in [0.3, 0.4) is 0 Å². The maximum atomic E-state index is 4.53. The van der Waals surface area contributed by atoms with Crippen molar-refractivity contribution in [3.63, 3.8) is 0 Å². The third-order valence-electron chi connectivity index (χ3n) is 3.31. The van der Waals surface area contributed by atoms with Crippen LogP contribution in [0.15, 0.2) is 47.1 Å². The smallest absolute Gasteiger partial charge is 0.0422 e. The molecule has 3 heteroatoms. The van der Waals surface area contributed by atoms with E-state index in [0.717, 1.165) is 29.6 Å². The van der Waals surface area contributed by atoms with Crippen molar-refractivity contribution in [3.05, 3.63) is 63.9 Å². The number of rotatable bonds is 6. The molecular formula is C17H21BrN2. The summed E-state index contributed by atoms with van der Waals surface area (Å²) in [7, 11) is 0. The van der Waals surface area contributed by atoms with Gasteiger partial charge in [0.2, 0.25) is 0 Å². The van der Waals surface area contributed by atoms with E-state index in [1.807, 2.05) is 6.20 Å². The number of aryl methyl sites for hydroxylation is 1. The molecule has 2 aromatic rings. The number of hydrogen-bond acceptors (Lipinski definition) is 2. The van der Waals surface area contributed by atoms with E-state index >= 15 is 0 Å². The van der Waals surface area contributed by atoms with Gasteiger partial charge in [0.1, 0.15) is 0 Å². The summed E-state index contributed by atoms with van der Waals surface area (Å²) >= 11 is 3.65. The van der Waals surface area contributed by atoms with Gasteiger partial charge in [-0.1, -0.05) is 47.1 Å². The van der Waals surface area contributed by atoms with Gasteiger partial charge in [-0.2, -0.15) is 0 Å². The minimum Gasteiger partial charge on any atom is -0.310 e. The molecule has 0 aliphatic rings. The van der Waals surface area contributed by atoms with E-state index in [0.29, 0.717) is 6.04 Å². The van der Waals surface area contributed by atoms with E-state index in [1.165, 1.54) is 11.1 Å². The van der Waals surface area contributed by atoms with Gasteiger partial charge in [-0.15, -0.1) is 0 Å². The lowest BCUT2D eigenvalue weighted by atomic mass is 10.0. The number of nitrogens with one attached hydrogen (secondary N) is 1. The minimum absolute atomic E-state index is 0.292. The van der Waals surface area contributed by atoms with Crippen LogP contribution in [0.25, 0.3) is 0 Å². The average Bonchev–Trinajstić information content (AvgIpc) is 2.46. The van der Waals surface area contributed by atoms with E-state index in [4.69, 9.17) is 0 Å². The summed E-state index contributed by atoms with van der Waals surface area (Å²) in [6.45, 7) is 5.27. The molecule has 1 aromatic carbocycles. The van der Waals surface area contributed by atoms with Crippen LogP contribution in [-0.4, -0.2) is 11.5 Å².